The van der Waals surface area contributed by atoms with E-state index in [4.69, 9.17) is 9.47 Å². The van der Waals surface area contributed by atoms with Gasteiger partial charge in [-0.15, -0.1) is 0 Å². The third-order valence-electron chi connectivity index (χ3n) is 3.86. The fourth-order valence-corrected chi connectivity index (χ4v) is 4.51. The van der Waals surface area contributed by atoms with E-state index in [2.05, 4.69) is 45.2 Å². The summed E-state index contributed by atoms with van der Waals surface area (Å²) in [5, 5.41) is 0. The van der Waals surface area contributed by atoms with Gasteiger partial charge in [-0.25, -0.2) is 9.59 Å². The molecule has 0 heterocycles. The zero-order chi connectivity index (χ0) is 21.9. The fraction of sp³-hybridized carbons (Fsp3) is 0.263. The first-order chi connectivity index (χ1) is 13.4. The molecule has 0 aliphatic rings. The smallest absolute Gasteiger partial charge is 0.349 e. The third kappa shape index (κ3) is 6.36. The topological polar surface area (TPSA) is 107 Å². The van der Waals surface area contributed by atoms with Crippen LogP contribution < -0.4 is 4.74 Å². The Labute approximate surface area is 196 Å². The molecular formula is C19H18I2O7S. The fourth-order valence-electron chi connectivity index (χ4n) is 2.60. The zero-order valence-electron chi connectivity index (χ0n) is 15.7. The van der Waals surface area contributed by atoms with Crippen molar-refractivity contribution in [2.75, 3.05) is 6.61 Å². The van der Waals surface area contributed by atoms with Gasteiger partial charge in [-0.05, 0) is 99.5 Å². The van der Waals surface area contributed by atoms with Gasteiger partial charge in [-0.3, -0.25) is 4.55 Å². The van der Waals surface area contributed by atoms with Crippen LogP contribution in [-0.2, 0) is 19.6 Å². The lowest BCUT2D eigenvalue weighted by Gasteiger charge is -2.15. The molecule has 0 unspecified atom stereocenters. The van der Waals surface area contributed by atoms with E-state index in [0.717, 1.165) is 7.14 Å². The summed E-state index contributed by atoms with van der Waals surface area (Å²) in [6.07, 6.45) is 0. The maximum atomic E-state index is 12.1. The van der Waals surface area contributed by atoms with Gasteiger partial charge in [-0.2, -0.15) is 8.42 Å². The van der Waals surface area contributed by atoms with Crippen LogP contribution in [0.5, 0.6) is 5.75 Å². The highest BCUT2D eigenvalue weighted by molar-refractivity contribution is 14.1. The van der Waals surface area contributed by atoms with E-state index in [9.17, 15) is 22.6 Å². The van der Waals surface area contributed by atoms with Gasteiger partial charge < -0.3 is 9.47 Å². The number of carbonyl (C=O) groups is 2. The molecule has 2 aromatic carbocycles. The van der Waals surface area contributed by atoms with Gasteiger partial charge in [0.05, 0.1) is 5.56 Å². The number of aryl methyl sites for hydroxylation is 1. The van der Waals surface area contributed by atoms with Crippen molar-refractivity contribution in [2.45, 2.75) is 31.6 Å². The lowest BCUT2D eigenvalue weighted by atomic mass is 10.0. The molecule has 10 heteroatoms. The molecule has 0 aliphatic heterocycles. The molecule has 0 spiro atoms. The van der Waals surface area contributed by atoms with Gasteiger partial charge in [0.1, 0.15) is 10.6 Å². The molecule has 7 nitrogen and oxygen atoms in total. The molecule has 0 aliphatic carbocycles. The lowest BCUT2D eigenvalue weighted by molar-refractivity contribution is -0.137. The van der Waals surface area contributed by atoms with E-state index < -0.39 is 28.7 Å². The first-order valence-corrected chi connectivity index (χ1v) is 11.9. The van der Waals surface area contributed by atoms with E-state index in [1.807, 2.05) is 0 Å². The number of hydrogen-bond donors (Lipinski definition) is 1. The number of ether oxygens (including phenoxy) is 2. The molecule has 0 saturated carbocycles. The summed E-state index contributed by atoms with van der Waals surface area (Å²) in [5.41, 5.74) is 0.880. The Hall–Kier alpha value is -1.25. The summed E-state index contributed by atoms with van der Waals surface area (Å²) in [6.45, 7) is 4.39. The highest BCUT2D eigenvalue weighted by Gasteiger charge is 2.22. The van der Waals surface area contributed by atoms with Crippen LogP contribution in [0.3, 0.4) is 0 Å². The van der Waals surface area contributed by atoms with E-state index in [1.165, 1.54) is 19.1 Å². The molecule has 0 amide bonds. The van der Waals surface area contributed by atoms with Crippen molar-refractivity contribution in [2.24, 2.45) is 0 Å². The Morgan fingerprint density at radius 1 is 1.10 bits per heavy atom. The summed E-state index contributed by atoms with van der Waals surface area (Å²) >= 11 is 4.23. The first kappa shape index (κ1) is 24.0. The van der Waals surface area contributed by atoms with Crippen molar-refractivity contribution in [3.63, 3.8) is 0 Å². The molecule has 0 fully saturated rings. The van der Waals surface area contributed by atoms with Crippen molar-refractivity contribution in [1.82, 2.24) is 0 Å². The molecule has 0 saturated heterocycles. The first-order valence-electron chi connectivity index (χ1n) is 8.35. The average Bonchev–Trinajstić information content (AvgIpc) is 2.60. The van der Waals surface area contributed by atoms with Crippen LogP contribution in [0.15, 0.2) is 35.2 Å². The highest BCUT2D eigenvalue weighted by atomic mass is 127. The number of rotatable bonds is 6. The minimum Gasteiger partial charge on any atom is -0.450 e. The summed E-state index contributed by atoms with van der Waals surface area (Å²) < 4.78 is 44.8. The van der Waals surface area contributed by atoms with Crippen LogP contribution in [0.25, 0.3) is 0 Å². The van der Waals surface area contributed by atoms with Crippen LogP contribution in [0.4, 0.5) is 0 Å². The van der Waals surface area contributed by atoms with Crippen LogP contribution in [0.2, 0.25) is 0 Å². The SMILES string of the molecule is Cc1cc(OC(=O)COC(=O)c2ccc(I)c(I)c2)cc(C(C)C)c1S(=O)(=O)O. The Kier molecular flexibility index (Phi) is 8.04. The van der Waals surface area contributed by atoms with Gasteiger partial charge in [0.15, 0.2) is 6.61 Å². The molecule has 0 radical (unpaired) electrons. The van der Waals surface area contributed by atoms with Gasteiger partial charge in [0.25, 0.3) is 10.1 Å². The molecule has 0 atom stereocenters. The molecule has 29 heavy (non-hydrogen) atoms. The van der Waals surface area contributed by atoms with E-state index in [0.29, 0.717) is 11.1 Å². The molecule has 0 aromatic heterocycles. The van der Waals surface area contributed by atoms with Crippen molar-refractivity contribution in [1.29, 1.82) is 0 Å². The number of carbonyl (C=O) groups excluding carboxylic acids is 2. The molecule has 156 valence electrons. The predicted molar refractivity (Wildman–Crippen MR) is 123 cm³/mol. The maximum absolute atomic E-state index is 12.1. The van der Waals surface area contributed by atoms with Crippen LogP contribution >= 0.6 is 45.2 Å². The van der Waals surface area contributed by atoms with E-state index in [-0.39, 0.29) is 22.1 Å². The standard InChI is InChI=1S/C19H18I2O7S/c1-10(2)14-8-13(6-11(3)18(14)29(24,25)26)28-17(22)9-27-19(23)12-4-5-15(20)16(21)7-12/h4-8,10H,9H2,1-3H3,(H,24,25,26). The minimum absolute atomic E-state index is 0.100. The Balaban J connectivity index is 2.12. The Morgan fingerprint density at radius 3 is 2.31 bits per heavy atom. The van der Waals surface area contributed by atoms with Crippen LogP contribution in [0.1, 0.15) is 41.3 Å². The largest absolute Gasteiger partial charge is 0.450 e. The normalized spacial score (nSPS) is 11.4. The predicted octanol–water partition coefficient (Wildman–Crippen LogP) is 4.34. The number of benzene rings is 2. The lowest BCUT2D eigenvalue weighted by Crippen LogP contribution is -2.19. The summed E-state index contributed by atoms with van der Waals surface area (Å²) in [5.74, 6) is -1.61. The molecule has 0 bridgehead atoms. The summed E-state index contributed by atoms with van der Waals surface area (Å²) in [6, 6.07) is 7.73. The molecular weight excluding hydrogens is 626 g/mol. The van der Waals surface area contributed by atoms with Crippen LogP contribution in [0, 0.1) is 14.1 Å². The Morgan fingerprint density at radius 2 is 1.76 bits per heavy atom. The number of hydrogen-bond acceptors (Lipinski definition) is 6. The second kappa shape index (κ2) is 9.71. The number of halogens is 2. The van der Waals surface area contributed by atoms with Crippen molar-refractivity contribution >= 4 is 67.2 Å². The molecule has 1 N–H and O–H groups in total. The monoisotopic (exact) mass is 644 g/mol. The van der Waals surface area contributed by atoms with Gasteiger partial charge in [0.2, 0.25) is 0 Å². The highest BCUT2D eigenvalue weighted by Crippen LogP contribution is 2.31. The second-order valence-corrected chi connectivity index (χ2v) is 10.2. The van der Waals surface area contributed by atoms with Crippen molar-refractivity contribution < 1.29 is 32.0 Å². The van der Waals surface area contributed by atoms with Gasteiger partial charge >= 0.3 is 11.9 Å². The third-order valence-corrected chi connectivity index (χ3v) is 7.80. The van der Waals surface area contributed by atoms with Crippen molar-refractivity contribution in [3.05, 3.63) is 54.2 Å². The van der Waals surface area contributed by atoms with E-state index in [1.54, 1.807) is 32.0 Å². The number of esters is 2. The van der Waals surface area contributed by atoms with Gasteiger partial charge in [0, 0.05) is 7.14 Å². The van der Waals surface area contributed by atoms with Crippen molar-refractivity contribution in [3.8, 4) is 5.75 Å². The molecule has 2 aromatic rings. The molecule has 2 rings (SSSR count). The maximum Gasteiger partial charge on any atom is 0.349 e. The zero-order valence-corrected chi connectivity index (χ0v) is 20.9. The summed E-state index contributed by atoms with van der Waals surface area (Å²) in [4.78, 5) is 24.0. The second-order valence-electron chi connectivity index (χ2n) is 6.47. The summed E-state index contributed by atoms with van der Waals surface area (Å²) in [7, 11) is -4.42. The minimum atomic E-state index is -4.42. The average molecular weight is 644 g/mol. The quantitative estimate of drug-likeness (QED) is 0.216. The van der Waals surface area contributed by atoms with Crippen LogP contribution in [-0.4, -0.2) is 31.5 Å². The van der Waals surface area contributed by atoms with E-state index >= 15 is 0 Å². The van der Waals surface area contributed by atoms with Gasteiger partial charge in [-0.1, -0.05) is 13.8 Å². The Bertz CT molecular complexity index is 1060.